The molecule has 3 rings (SSSR count). The normalized spacial score (nSPS) is 14.9. The summed E-state index contributed by atoms with van der Waals surface area (Å²) in [4.78, 5) is 18.9. The van der Waals surface area contributed by atoms with E-state index in [-0.39, 0.29) is 5.91 Å². The van der Waals surface area contributed by atoms with Gasteiger partial charge in [-0.2, -0.15) is 5.26 Å². The van der Waals surface area contributed by atoms with Crippen molar-refractivity contribution < 1.29 is 4.79 Å². The summed E-state index contributed by atoms with van der Waals surface area (Å²) in [6, 6.07) is 11.4. The van der Waals surface area contributed by atoms with Gasteiger partial charge in [0.2, 0.25) is 11.9 Å². The molecule has 1 atom stereocenters. The van der Waals surface area contributed by atoms with Crippen LogP contribution in [0.4, 0.5) is 5.69 Å². The van der Waals surface area contributed by atoms with Crippen molar-refractivity contribution in [3.05, 3.63) is 52.2 Å². The number of rotatable bonds is 4. The average molecular weight is 325 g/mol. The molecule has 0 radical (unpaired) electrons. The Morgan fingerprint density at radius 3 is 2.78 bits per heavy atom. The van der Waals surface area contributed by atoms with Crippen LogP contribution in [0.25, 0.3) is 0 Å². The summed E-state index contributed by atoms with van der Waals surface area (Å²) < 4.78 is 0. The number of nitriles is 1. The molecule has 1 amide bonds. The Bertz CT molecular complexity index is 761. The van der Waals surface area contributed by atoms with Gasteiger partial charge in [-0.15, -0.1) is 11.3 Å². The van der Waals surface area contributed by atoms with Crippen molar-refractivity contribution in [3.8, 4) is 6.19 Å². The molecule has 23 heavy (non-hydrogen) atoms. The van der Waals surface area contributed by atoms with Gasteiger partial charge in [0, 0.05) is 17.1 Å². The zero-order chi connectivity index (χ0) is 16.2. The highest BCUT2D eigenvalue weighted by Crippen LogP contribution is 2.29. The summed E-state index contributed by atoms with van der Waals surface area (Å²) in [6.45, 7) is 1.36. The summed E-state index contributed by atoms with van der Waals surface area (Å²) in [6.07, 6.45) is 1.89. The minimum atomic E-state index is -0.437. The lowest BCUT2D eigenvalue weighted by molar-refractivity contribution is -0.118. The molecule has 2 heterocycles. The fraction of sp³-hybridized carbons (Fsp3) is 0.188. The van der Waals surface area contributed by atoms with E-state index in [1.54, 1.807) is 0 Å². The van der Waals surface area contributed by atoms with E-state index in [9.17, 15) is 4.79 Å². The number of hydrogen-bond acceptors (Lipinski definition) is 6. The lowest BCUT2D eigenvalue weighted by atomic mass is 9.96. The van der Waals surface area contributed by atoms with Gasteiger partial charge < -0.3 is 10.6 Å². The Labute approximate surface area is 137 Å². The van der Waals surface area contributed by atoms with E-state index in [4.69, 9.17) is 11.0 Å². The fourth-order valence-corrected chi connectivity index (χ4v) is 3.49. The van der Waals surface area contributed by atoms with E-state index in [2.05, 4.69) is 10.3 Å². The smallest absolute Gasteiger partial charge is 0.230 e. The van der Waals surface area contributed by atoms with Gasteiger partial charge in [-0.25, -0.2) is 0 Å². The largest absolute Gasteiger partial charge is 0.369 e. The molecule has 1 aromatic carbocycles. The molecule has 0 aliphatic carbocycles. The molecule has 1 unspecified atom stereocenters. The maximum atomic E-state index is 11.8. The lowest BCUT2D eigenvalue weighted by Gasteiger charge is -2.20. The Kier molecular flexibility index (Phi) is 4.26. The van der Waals surface area contributed by atoms with Gasteiger partial charge in [0.15, 0.2) is 6.19 Å². The molecule has 7 heteroatoms. The molecule has 1 aliphatic heterocycles. The van der Waals surface area contributed by atoms with Crippen LogP contribution in [0.15, 0.2) is 46.8 Å². The second kappa shape index (κ2) is 6.50. The third-order valence-electron chi connectivity index (χ3n) is 3.66. The molecule has 0 fully saturated rings. The maximum absolute atomic E-state index is 11.8. The molecule has 0 bridgehead atoms. The van der Waals surface area contributed by atoms with Crippen LogP contribution in [0.3, 0.4) is 0 Å². The van der Waals surface area contributed by atoms with Crippen molar-refractivity contribution >= 4 is 28.9 Å². The van der Waals surface area contributed by atoms with E-state index in [1.165, 1.54) is 11.3 Å². The van der Waals surface area contributed by atoms with Gasteiger partial charge in [-0.3, -0.25) is 15.1 Å². The van der Waals surface area contributed by atoms with Crippen molar-refractivity contribution in [3.63, 3.8) is 0 Å². The Hall–Kier alpha value is -2.85. The quantitative estimate of drug-likeness (QED) is 0.659. The number of carbonyl (C=O) groups is 1. The number of primary amides is 1. The summed E-state index contributed by atoms with van der Waals surface area (Å²) in [7, 11) is 0. The van der Waals surface area contributed by atoms with Crippen LogP contribution < -0.4 is 16.0 Å². The number of hydrogen-bond donors (Lipinski definition) is 2. The highest BCUT2D eigenvalue weighted by atomic mass is 32.1. The highest BCUT2D eigenvalue weighted by Gasteiger charge is 2.23. The number of nitrogens with one attached hydrogen (secondary N) is 1. The fourth-order valence-electron chi connectivity index (χ4n) is 2.63. The van der Waals surface area contributed by atoms with Gasteiger partial charge >= 0.3 is 0 Å². The standard InChI is InChI=1S/C16H15N5OS/c17-10-20-16-19-7-8-21(16)12-5-3-11(4-6-12)14(15(18)22)13-2-1-9-23-13/h1-6,9,14H,7-8H2,(H2,18,22)(H,19,20). The van der Waals surface area contributed by atoms with Crippen molar-refractivity contribution in [1.29, 1.82) is 5.26 Å². The molecule has 1 aromatic heterocycles. The predicted molar refractivity (Wildman–Crippen MR) is 90.2 cm³/mol. The molecule has 0 saturated heterocycles. The van der Waals surface area contributed by atoms with Gasteiger partial charge in [0.05, 0.1) is 12.5 Å². The first-order valence-electron chi connectivity index (χ1n) is 7.10. The van der Waals surface area contributed by atoms with Crippen LogP contribution in [0.1, 0.15) is 16.4 Å². The van der Waals surface area contributed by atoms with Crippen molar-refractivity contribution in [1.82, 2.24) is 5.32 Å². The Morgan fingerprint density at radius 2 is 2.17 bits per heavy atom. The van der Waals surface area contributed by atoms with Crippen LogP contribution in [-0.2, 0) is 4.79 Å². The van der Waals surface area contributed by atoms with Gasteiger partial charge in [-0.1, -0.05) is 18.2 Å². The summed E-state index contributed by atoms with van der Waals surface area (Å²) in [5.74, 6) is -0.257. The summed E-state index contributed by atoms with van der Waals surface area (Å²) in [5.41, 5.74) is 7.35. The van der Waals surface area contributed by atoms with Crippen molar-refractivity contribution in [2.75, 3.05) is 18.0 Å². The second-order valence-corrected chi connectivity index (χ2v) is 6.02. The minimum absolute atomic E-state index is 0.366. The molecule has 0 spiro atoms. The topological polar surface area (TPSA) is 94.5 Å². The van der Waals surface area contributed by atoms with Gasteiger partial charge in [0.1, 0.15) is 0 Å². The van der Waals surface area contributed by atoms with Gasteiger partial charge in [-0.05, 0) is 29.1 Å². The lowest BCUT2D eigenvalue weighted by Crippen LogP contribution is -2.36. The van der Waals surface area contributed by atoms with Crippen LogP contribution in [-0.4, -0.2) is 25.0 Å². The van der Waals surface area contributed by atoms with Crippen LogP contribution in [0, 0.1) is 11.5 Å². The van der Waals surface area contributed by atoms with E-state index in [0.717, 1.165) is 16.1 Å². The molecule has 1 aliphatic rings. The molecular formula is C16H15N5OS. The summed E-state index contributed by atoms with van der Waals surface area (Å²) >= 11 is 1.51. The maximum Gasteiger partial charge on any atom is 0.230 e. The number of benzene rings is 1. The van der Waals surface area contributed by atoms with Crippen molar-refractivity contribution in [2.24, 2.45) is 10.7 Å². The molecule has 3 N–H and O–H groups in total. The number of thiophene rings is 1. The van der Waals surface area contributed by atoms with E-state index in [1.807, 2.05) is 52.9 Å². The first-order chi connectivity index (χ1) is 11.2. The van der Waals surface area contributed by atoms with Gasteiger partial charge in [0.25, 0.3) is 0 Å². The van der Waals surface area contributed by atoms with Crippen LogP contribution >= 0.6 is 11.3 Å². The first-order valence-corrected chi connectivity index (χ1v) is 7.98. The average Bonchev–Trinajstić information content (AvgIpc) is 3.20. The molecule has 6 nitrogen and oxygen atoms in total. The van der Waals surface area contributed by atoms with Crippen molar-refractivity contribution in [2.45, 2.75) is 5.92 Å². The Morgan fingerprint density at radius 1 is 1.39 bits per heavy atom. The molecule has 0 saturated carbocycles. The third-order valence-corrected chi connectivity index (χ3v) is 4.60. The van der Waals surface area contributed by atoms with E-state index in [0.29, 0.717) is 19.0 Å². The number of nitrogens with zero attached hydrogens (tertiary/aromatic N) is 3. The number of nitrogens with two attached hydrogens (primary N) is 1. The minimum Gasteiger partial charge on any atom is -0.369 e. The zero-order valence-corrected chi connectivity index (χ0v) is 13.1. The molecule has 2 aromatic rings. The Balaban J connectivity index is 1.86. The molecular weight excluding hydrogens is 310 g/mol. The number of aliphatic imine (C=N–C) groups is 1. The molecule has 116 valence electrons. The summed E-state index contributed by atoms with van der Waals surface area (Å²) in [5, 5.41) is 13.3. The number of guanidine groups is 1. The predicted octanol–water partition coefficient (Wildman–Crippen LogP) is 1.61. The number of carbonyl (C=O) groups excluding carboxylic acids is 1. The monoisotopic (exact) mass is 325 g/mol. The van der Waals surface area contributed by atoms with Crippen LogP contribution in [0.2, 0.25) is 0 Å². The zero-order valence-electron chi connectivity index (χ0n) is 12.3. The third kappa shape index (κ3) is 3.03. The highest BCUT2D eigenvalue weighted by molar-refractivity contribution is 7.10. The number of amides is 1. The first kappa shape index (κ1) is 15.1. The van der Waals surface area contributed by atoms with E-state index >= 15 is 0 Å². The SMILES string of the molecule is N#CNC1=NCCN1c1ccc(C(C(N)=O)c2cccs2)cc1. The number of anilines is 1. The van der Waals surface area contributed by atoms with Crippen LogP contribution in [0.5, 0.6) is 0 Å². The van der Waals surface area contributed by atoms with E-state index < -0.39 is 5.92 Å². The second-order valence-electron chi connectivity index (χ2n) is 5.04.